The van der Waals surface area contributed by atoms with Crippen molar-refractivity contribution in [1.82, 2.24) is 10.2 Å². The summed E-state index contributed by atoms with van der Waals surface area (Å²) in [7, 11) is 0. The van der Waals surface area contributed by atoms with Gasteiger partial charge in [0.2, 0.25) is 11.8 Å². The molecular weight excluding hydrogens is 332 g/mol. The van der Waals surface area contributed by atoms with E-state index in [1.54, 1.807) is 0 Å². The zero-order chi connectivity index (χ0) is 14.5. The van der Waals surface area contributed by atoms with Crippen molar-refractivity contribution < 1.29 is 9.15 Å². The number of ether oxygens (including phenoxy) is 1. The van der Waals surface area contributed by atoms with Gasteiger partial charge in [0.25, 0.3) is 0 Å². The fraction of sp³-hybridized carbons (Fsp3) is 0.125. The molecule has 0 aliphatic heterocycles. The molecule has 4 nitrogen and oxygen atoms in total. The molecule has 0 N–H and O–H groups in total. The van der Waals surface area contributed by atoms with Crippen LogP contribution in [0.3, 0.4) is 0 Å². The van der Waals surface area contributed by atoms with Gasteiger partial charge in [-0.25, -0.2) is 0 Å². The minimum absolute atomic E-state index is 0.498. The van der Waals surface area contributed by atoms with Crippen LogP contribution in [0.1, 0.15) is 5.89 Å². The minimum Gasteiger partial charge on any atom is -0.493 e. The van der Waals surface area contributed by atoms with Gasteiger partial charge in [-0.2, -0.15) is 0 Å². The molecule has 0 unspecified atom stereocenters. The standard InChI is InChI=1S/C16H13BrN2O2/c17-13-6-8-14(9-7-13)20-11-10-15-18-19-16(21-15)12-4-2-1-3-5-12/h1-9H,10-11H2. The van der Waals surface area contributed by atoms with Crippen molar-refractivity contribution in [2.75, 3.05) is 6.61 Å². The molecule has 21 heavy (non-hydrogen) atoms. The van der Waals surface area contributed by atoms with Crippen LogP contribution in [0, 0.1) is 0 Å². The van der Waals surface area contributed by atoms with Crippen molar-refractivity contribution in [2.45, 2.75) is 6.42 Å². The first-order valence-electron chi connectivity index (χ1n) is 6.57. The number of nitrogens with zero attached hydrogens (tertiary/aromatic N) is 2. The third-order valence-electron chi connectivity index (χ3n) is 2.89. The molecular formula is C16H13BrN2O2. The highest BCUT2D eigenvalue weighted by Crippen LogP contribution is 2.18. The van der Waals surface area contributed by atoms with Crippen LogP contribution in [0.5, 0.6) is 5.75 Å². The van der Waals surface area contributed by atoms with E-state index >= 15 is 0 Å². The third kappa shape index (κ3) is 3.70. The highest BCUT2D eigenvalue weighted by molar-refractivity contribution is 9.10. The molecule has 1 aromatic heterocycles. The van der Waals surface area contributed by atoms with Gasteiger partial charge < -0.3 is 9.15 Å². The van der Waals surface area contributed by atoms with Crippen LogP contribution < -0.4 is 4.74 Å². The summed E-state index contributed by atoms with van der Waals surface area (Å²) in [6.07, 6.45) is 0.579. The Hall–Kier alpha value is -2.14. The van der Waals surface area contributed by atoms with Crippen LogP contribution in [0.15, 0.2) is 63.5 Å². The Morgan fingerprint density at radius 1 is 0.952 bits per heavy atom. The lowest BCUT2D eigenvalue weighted by Crippen LogP contribution is -2.01. The van der Waals surface area contributed by atoms with Crippen LogP contribution in [0.4, 0.5) is 0 Å². The summed E-state index contributed by atoms with van der Waals surface area (Å²) in [5, 5.41) is 8.08. The van der Waals surface area contributed by atoms with E-state index in [9.17, 15) is 0 Å². The van der Waals surface area contributed by atoms with E-state index in [0.717, 1.165) is 15.8 Å². The maximum absolute atomic E-state index is 5.63. The fourth-order valence-corrected chi connectivity index (χ4v) is 2.10. The molecule has 0 aliphatic rings. The van der Waals surface area contributed by atoms with Gasteiger partial charge >= 0.3 is 0 Å². The summed E-state index contributed by atoms with van der Waals surface area (Å²) in [5.41, 5.74) is 0.921. The zero-order valence-electron chi connectivity index (χ0n) is 11.2. The summed E-state index contributed by atoms with van der Waals surface area (Å²) < 4.78 is 12.3. The van der Waals surface area contributed by atoms with Crippen molar-refractivity contribution in [2.24, 2.45) is 0 Å². The predicted molar refractivity (Wildman–Crippen MR) is 83.1 cm³/mol. The molecule has 0 aliphatic carbocycles. The molecule has 0 saturated heterocycles. The summed E-state index contributed by atoms with van der Waals surface area (Å²) in [4.78, 5) is 0. The van der Waals surface area contributed by atoms with Gasteiger partial charge in [0.05, 0.1) is 13.0 Å². The van der Waals surface area contributed by atoms with E-state index < -0.39 is 0 Å². The molecule has 0 saturated carbocycles. The smallest absolute Gasteiger partial charge is 0.247 e. The van der Waals surface area contributed by atoms with Crippen molar-refractivity contribution in [3.05, 3.63) is 65.0 Å². The molecule has 0 atom stereocenters. The maximum atomic E-state index is 5.63. The van der Waals surface area contributed by atoms with Crippen LogP contribution >= 0.6 is 15.9 Å². The second-order valence-corrected chi connectivity index (χ2v) is 5.34. The largest absolute Gasteiger partial charge is 0.493 e. The quantitative estimate of drug-likeness (QED) is 0.698. The Morgan fingerprint density at radius 2 is 1.71 bits per heavy atom. The van der Waals surface area contributed by atoms with E-state index in [0.29, 0.717) is 24.8 Å². The van der Waals surface area contributed by atoms with Crippen LogP contribution in [-0.2, 0) is 6.42 Å². The van der Waals surface area contributed by atoms with E-state index in [4.69, 9.17) is 9.15 Å². The normalized spacial score (nSPS) is 10.5. The lowest BCUT2D eigenvalue weighted by atomic mass is 10.2. The lowest BCUT2D eigenvalue weighted by molar-refractivity contribution is 0.307. The third-order valence-corrected chi connectivity index (χ3v) is 3.41. The van der Waals surface area contributed by atoms with E-state index in [1.807, 2.05) is 54.6 Å². The molecule has 3 aromatic rings. The van der Waals surface area contributed by atoms with E-state index in [2.05, 4.69) is 26.1 Å². The summed E-state index contributed by atoms with van der Waals surface area (Å²) in [5.74, 6) is 1.93. The fourth-order valence-electron chi connectivity index (χ4n) is 1.84. The van der Waals surface area contributed by atoms with Gasteiger partial charge in [0, 0.05) is 10.0 Å². The highest BCUT2D eigenvalue weighted by Gasteiger charge is 2.08. The maximum Gasteiger partial charge on any atom is 0.247 e. The molecule has 0 amide bonds. The van der Waals surface area contributed by atoms with Crippen molar-refractivity contribution in [3.8, 4) is 17.2 Å². The van der Waals surface area contributed by atoms with Crippen LogP contribution in [-0.4, -0.2) is 16.8 Å². The van der Waals surface area contributed by atoms with Gasteiger partial charge in [-0.1, -0.05) is 34.1 Å². The number of hydrogen-bond donors (Lipinski definition) is 0. The van der Waals surface area contributed by atoms with Crippen molar-refractivity contribution in [1.29, 1.82) is 0 Å². The monoisotopic (exact) mass is 344 g/mol. The SMILES string of the molecule is Brc1ccc(OCCc2nnc(-c3ccccc3)o2)cc1. The molecule has 1 heterocycles. The molecule has 0 radical (unpaired) electrons. The molecule has 3 rings (SSSR count). The Bertz CT molecular complexity index is 696. The average molecular weight is 345 g/mol. The number of aromatic nitrogens is 2. The van der Waals surface area contributed by atoms with Gasteiger partial charge in [0.1, 0.15) is 5.75 Å². The first kappa shape index (κ1) is 13.8. The lowest BCUT2D eigenvalue weighted by Gasteiger charge is -2.03. The van der Waals surface area contributed by atoms with Crippen LogP contribution in [0.2, 0.25) is 0 Å². The van der Waals surface area contributed by atoms with Gasteiger partial charge in [-0.15, -0.1) is 10.2 Å². The van der Waals surface area contributed by atoms with E-state index in [1.165, 1.54) is 0 Å². The zero-order valence-corrected chi connectivity index (χ0v) is 12.8. The predicted octanol–water partition coefficient (Wildman–Crippen LogP) is 4.12. The first-order chi connectivity index (χ1) is 10.3. The molecule has 0 bridgehead atoms. The van der Waals surface area contributed by atoms with Crippen molar-refractivity contribution >= 4 is 15.9 Å². The number of rotatable bonds is 5. The van der Waals surface area contributed by atoms with Gasteiger partial charge in [-0.3, -0.25) is 0 Å². The first-order valence-corrected chi connectivity index (χ1v) is 7.37. The number of hydrogen-bond acceptors (Lipinski definition) is 4. The Balaban J connectivity index is 1.57. The summed E-state index contributed by atoms with van der Waals surface area (Å²) in [6, 6.07) is 17.4. The van der Waals surface area contributed by atoms with Gasteiger partial charge in [-0.05, 0) is 36.4 Å². The molecule has 0 fully saturated rings. The second kappa shape index (κ2) is 6.54. The topological polar surface area (TPSA) is 48.2 Å². The van der Waals surface area contributed by atoms with E-state index in [-0.39, 0.29) is 0 Å². The summed E-state index contributed by atoms with van der Waals surface area (Å²) in [6.45, 7) is 0.498. The number of halogens is 1. The Morgan fingerprint density at radius 3 is 2.48 bits per heavy atom. The average Bonchev–Trinajstić information content (AvgIpc) is 2.99. The highest BCUT2D eigenvalue weighted by atomic mass is 79.9. The second-order valence-electron chi connectivity index (χ2n) is 4.42. The summed E-state index contributed by atoms with van der Waals surface area (Å²) >= 11 is 3.39. The molecule has 2 aromatic carbocycles. The van der Waals surface area contributed by atoms with Gasteiger partial charge in [0.15, 0.2) is 0 Å². The Kier molecular flexibility index (Phi) is 4.31. The Labute approximate surface area is 130 Å². The number of benzene rings is 2. The van der Waals surface area contributed by atoms with Crippen molar-refractivity contribution in [3.63, 3.8) is 0 Å². The van der Waals surface area contributed by atoms with Crippen LogP contribution in [0.25, 0.3) is 11.5 Å². The minimum atomic E-state index is 0.498. The molecule has 0 spiro atoms. The molecule has 106 valence electrons. The molecule has 5 heteroatoms.